The van der Waals surface area contributed by atoms with E-state index in [1.165, 1.54) is 33.3 Å². The number of carbonyl (C=O) groups is 1. The van der Waals surface area contributed by atoms with E-state index in [4.69, 9.17) is 51.6 Å². The number of ketones is 1. The summed E-state index contributed by atoms with van der Waals surface area (Å²) in [6.07, 6.45) is -36.2. The molecule has 8 fully saturated rings. The van der Waals surface area contributed by atoms with Crippen LogP contribution < -0.4 is 29.6 Å². The van der Waals surface area contributed by atoms with Crippen molar-refractivity contribution < 1.29 is 160 Å². The van der Waals surface area contributed by atoms with E-state index in [1.54, 1.807) is 6.08 Å². The van der Waals surface area contributed by atoms with E-state index in [2.05, 4.69) is 26.8 Å². The molecule has 86 heavy (non-hydrogen) atoms. The molecule has 0 bridgehead atoms. The van der Waals surface area contributed by atoms with Crippen molar-refractivity contribution in [3.63, 3.8) is 0 Å². The van der Waals surface area contributed by atoms with E-state index >= 15 is 0 Å². The number of hydrogen-bond donors (Lipinski definition) is 12. The molecular formula is C57H91NaO27S. The fourth-order valence-electron chi connectivity index (χ4n) is 15.8. The predicted octanol–water partition coefficient (Wildman–Crippen LogP) is -4.82. The molecule has 0 unspecified atom stereocenters. The van der Waals surface area contributed by atoms with Gasteiger partial charge in [-0.1, -0.05) is 38.0 Å². The number of aliphatic hydroxyl groups excluding tert-OH is 12. The van der Waals surface area contributed by atoms with Crippen LogP contribution in [0, 0.1) is 40.4 Å². The smallest absolute Gasteiger partial charge is 0.726 e. The Morgan fingerprint density at radius 2 is 1.14 bits per heavy atom. The number of rotatable bonds is 17. The summed E-state index contributed by atoms with van der Waals surface area (Å²) in [5.74, 6) is -0.169. The molecule has 488 valence electrons. The molecular weight excluding hydrogens is 1170 g/mol. The van der Waals surface area contributed by atoms with Gasteiger partial charge in [-0.15, -0.1) is 0 Å². The minimum atomic E-state index is -5.13. The number of allylic oxidation sites excluding steroid dienone is 4. The van der Waals surface area contributed by atoms with Gasteiger partial charge in [0.25, 0.3) is 0 Å². The van der Waals surface area contributed by atoms with Crippen LogP contribution in [0.1, 0.15) is 114 Å². The number of ether oxygens (including phenoxy) is 10. The Bertz CT molecular complexity index is 2480. The fraction of sp³-hybridized carbons (Fsp3) is 0.912. The van der Waals surface area contributed by atoms with Crippen molar-refractivity contribution in [1.29, 1.82) is 0 Å². The van der Waals surface area contributed by atoms with Crippen LogP contribution in [0.25, 0.3) is 0 Å². The predicted molar refractivity (Wildman–Crippen MR) is 287 cm³/mol. The molecule has 12 N–H and O–H groups in total. The Labute approximate surface area is 523 Å². The maximum atomic E-state index is 13.1. The molecule has 9 rings (SSSR count). The molecule has 0 aromatic carbocycles. The first-order valence-electron chi connectivity index (χ1n) is 29.9. The summed E-state index contributed by atoms with van der Waals surface area (Å²) in [5, 5.41) is 134. The molecule has 0 spiro atoms. The van der Waals surface area contributed by atoms with Gasteiger partial charge in [-0.2, -0.15) is 0 Å². The quantitative estimate of drug-likeness (QED) is 0.0214. The van der Waals surface area contributed by atoms with E-state index in [0.717, 1.165) is 24.8 Å². The molecule has 0 aromatic rings. The number of carbonyl (C=O) groups excluding carboxylic acids is 1. The van der Waals surface area contributed by atoms with E-state index in [9.17, 15) is 79.0 Å². The molecule has 29 heteroatoms. The van der Waals surface area contributed by atoms with Crippen LogP contribution in [0.2, 0.25) is 0 Å². The van der Waals surface area contributed by atoms with Gasteiger partial charge in [0.05, 0.1) is 43.2 Å². The largest absolute Gasteiger partial charge is 1.00 e. The van der Waals surface area contributed by atoms with Gasteiger partial charge in [-0.3, -0.25) is 8.98 Å². The van der Waals surface area contributed by atoms with Gasteiger partial charge in [-0.25, -0.2) is 8.42 Å². The molecule has 4 aliphatic carbocycles. The first-order valence-corrected chi connectivity index (χ1v) is 31.3. The molecule has 3 saturated carbocycles. The van der Waals surface area contributed by atoms with E-state index in [0.29, 0.717) is 19.3 Å². The molecule has 9 aliphatic rings. The summed E-state index contributed by atoms with van der Waals surface area (Å²) >= 11 is 0. The van der Waals surface area contributed by atoms with E-state index < -0.39 is 194 Å². The van der Waals surface area contributed by atoms with Gasteiger partial charge in [0.1, 0.15) is 97.7 Å². The Kier molecular flexibility index (Phi) is 23.1. The van der Waals surface area contributed by atoms with E-state index in [1.807, 2.05) is 13.8 Å². The monoisotopic (exact) mass is 1260 g/mol. The Hall–Kier alpha value is -0.860. The van der Waals surface area contributed by atoms with Gasteiger partial charge in [0, 0.05) is 6.42 Å². The molecule has 0 radical (unpaired) electrons. The summed E-state index contributed by atoms with van der Waals surface area (Å²) in [6, 6.07) is 0. The fourth-order valence-corrected chi connectivity index (χ4v) is 16.3. The van der Waals surface area contributed by atoms with Crippen LogP contribution in [0.15, 0.2) is 23.3 Å². The van der Waals surface area contributed by atoms with Gasteiger partial charge >= 0.3 is 29.6 Å². The van der Waals surface area contributed by atoms with Crippen molar-refractivity contribution in [3.8, 4) is 0 Å². The molecule has 5 heterocycles. The molecule has 0 amide bonds. The summed E-state index contributed by atoms with van der Waals surface area (Å²) in [4.78, 5) is 13.1. The van der Waals surface area contributed by atoms with Crippen LogP contribution in [0.4, 0.5) is 0 Å². The summed E-state index contributed by atoms with van der Waals surface area (Å²) in [5.41, 5.74) is 1.24. The third-order valence-electron chi connectivity index (χ3n) is 20.4. The second-order valence-electron chi connectivity index (χ2n) is 26.3. The van der Waals surface area contributed by atoms with Crippen LogP contribution in [0.3, 0.4) is 0 Å². The maximum Gasteiger partial charge on any atom is 1.00 e. The zero-order valence-electron chi connectivity index (χ0n) is 50.4. The maximum absolute atomic E-state index is 13.1. The van der Waals surface area contributed by atoms with Gasteiger partial charge < -0.3 is 113 Å². The molecule has 0 aromatic heterocycles. The zero-order valence-corrected chi connectivity index (χ0v) is 53.2. The first-order chi connectivity index (χ1) is 39.8. The van der Waals surface area contributed by atoms with Crippen molar-refractivity contribution in [1.82, 2.24) is 0 Å². The average Bonchev–Trinajstić information content (AvgIpc) is 1.29. The van der Waals surface area contributed by atoms with Crippen molar-refractivity contribution >= 4 is 16.2 Å². The second-order valence-corrected chi connectivity index (χ2v) is 27.3. The van der Waals surface area contributed by atoms with Gasteiger partial charge in [-0.05, 0) is 133 Å². The van der Waals surface area contributed by atoms with Gasteiger partial charge in [0.2, 0.25) is 10.4 Å². The van der Waals surface area contributed by atoms with Crippen molar-refractivity contribution in [2.75, 3.05) is 6.61 Å². The molecule has 34 atom stereocenters. The van der Waals surface area contributed by atoms with Gasteiger partial charge in [0.15, 0.2) is 37.2 Å². The summed E-state index contributed by atoms with van der Waals surface area (Å²) in [6.45, 7) is 15.0. The van der Waals surface area contributed by atoms with Crippen molar-refractivity contribution in [3.05, 3.63) is 23.3 Å². The van der Waals surface area contributed by atoms with Crippen molar-refractivity contribution in [2.24, 2.45) is 40.4 Å². The summed E-state index contributed by atoms with van der Waals surface area (Å²) < 4.78 is 103. The third-order valence-corrected chi connectivity index (χ3v) is 20.9. The zero-order chi connectivity index (χ0) is 62.3. The minimum absolute atomic E-state index is 0. The van der Waals surface area contributed by atoms with Crippen LogP contribution >= 0.6 is 0 Å². The van der Waals surface area contributed by atoms with Crippen LogP contribution in [0.5, 0.6) is 0 Å². The topological polar surface area (TPSA) is 419 Å². The normalized spacial score (nSPS) is 51.0. The Morgan fingerprint density at radius 1 is 0.628 bits per heavy atom. The number of hydrogen-bond acceptors (Lipinski definition) is 27. The Morgan fingerprint density at radius 3 is 1.70 bits per heavy atom. The SMILES string of the molecule is CC(C)=CC(=O)C[C@@H](C)[C@H]1CC[C@H]2[C@@H]3C[C@H](O[C@@H]4O[C@H](CO)[C@@H](O)[C@H](O[C@@H]5O[C@H](C)[C@@H](O[C@@H]6O[C@H](C)[C@H](O)[C@H](O)[C@H]6O[C@@H]6O[C@H](C)[C@H](O)[C@H](O)[C@H]6O)[C@H](O)[C@H]5O[C@@H]5O[C@H](C)[C@@H](O)[C@H](O)[C@H]5O)[C@H]4O)[C@H]4C[C@@H](OS(=O)(=O)[O-])CC[C@]4(C)C3=CC[C@]12C.[Na+]. The summed E-state index contributed by atoms with van der Waals surface area (Å²) in [7, 11) is -5.13. The van der Waals surface area contributed by atoms with Crippen LogP contribution in [-0.4, -0.2) is 252 Å². The number of aliphatic hydroxyl groups is 12. The molecule has 5 saturated heterocycles. The van der Waals surface area contributed by atoms with Crippen LogP contribution in [-0.2, 0) is 66.7 Å². The standard InChI is InChI=1S/C57H92O27S.Na/c1-21(2)16-27(59)17-22(3)30-10-11-31-29-19-34(33-18-28(84-85(71,72)73)12-14-57(33,9)32(29)13-15-56(30,31)8)78-53-46(70)48(39(63)35(20-58)79-53)81-55-50(83-52-44(68)41(65)37(61)24(5)75-52)45(69)47(26(7)77-55)80-54-49(42(66)38(62)25(6)76-54)82-51-43(67)40(64)36(60)23(4)74-51;/h13,16,22-26,28-31,33-55,58,60-70H,10-12,14-15,17-20H2,1-9H3,(H,71,72,73);/q;+1/p-1/t22-,23-,24-,25-,26-,28+,29+,30-,31+,33-,34+,35-,36+,37-,38+,39-,40+,41+,42+,43-,44-,45+,46-,47-,48+,49-,50-,51+,52+,53-,54+,55+,56-,57-;/m1./s1. The third kappa shape index (κ3) is 14.1. The minimum Gasteiger partial charge on any atom is -0.726 e. The average molecular weight is 1260 g/mol. The first kappa shape index (κ1) is 71.0. The van der Waals surface area contributed by atoms with Crippen molar-refractivity contribution in [2.45, 2.75) is 279 Å². The molecule has 27 nitrogen and oxygen atoms in total. The van der Waals surface area contributed by atoms with E-state index in [-0.39, 0.29) is 77.3 Å². The second kappa shape index (κ2) is 28.0. The Balaban J connectivity index is 0.00000961. The number of fused-ring (bicyclic) bond motifs is 5. The molecule has 5 aliphatic heterocycles.